The van der Waals surface area contributed by atoms with Gasteiger partial charge in [-0.15, -0.1) is 0 Å². The number of nitrogens with two attached hydrogens (primary N) is 5. The topological polar surface area (TPSA) is 196 Å². The van der Waals surface area contributed by atoms with Crippen LogP contribution in [-0.2, 0) is 22.4 Å². The highest BCUT2D eigenvalue weighted by molar-refractivity contribution is 5.81. The Labute approximate surface area is 229 Å². The molecule has 0 fully saturated rings. The molecule has 0 heterocycles. The normalized spacial score (nSPS) is 13.1. The number of rotatable bonds is 13. The van der Waals surface area contributed by atoms with Gasteiger partial charge in [-0.2, -0.15) is 0 Å². The molecule has 0 spiro atoms. The van der Waals surface area contributed by atoms with Gasteiger partial charge in [0.2, 0.25) is 5.91 Å². The van der Waals surface area contributed by atoms with Crippen molar-refractivity contribution in [2.75, 3.05) is 13.1 Å². The SMILES string of the molecule is C.CC(Cc1ccccc1)NC(=O)C(N)CCCN.CC(N)Cc1ccccc1.NCCCC(N)C(=O)O. The van der Waals surface area contributed by atoms with E-state index in [-0.39, 0.29) is 25.4 Å². The van der Waals surface area contributed by atoms with Crippen LogP contribution in [0.3, 0.4) is 0 Å². The zero-order valence-electron chi connectivity index (χ0n) is 22.4. The molecule has 38 heavy (non-hydrogen) atoms. The zero-order chi connectivity index (χ0) is 28.1. The number of hydrogen-bond donors (Lipinski definition) is 7. The molecule has 9 nitrogen and oxygen atoms in total. The number of carbonyl (C=O) groups is 2. The molecule has 0 aliphatic rings. The van der Waals surface area contributed by atoms with Gasteiger partial charge in [0.1, 0.15) is 6.04 Å². The lowest BCUT2D eigenvalue weighted by Gasteiger charge is -2.17. The molecule has 0 aromatic heterocycles. The Hall–Kier alpha value is -2.82. The van der Waals surface area contributed by atoms with Gasteiger partial charge >= 0.3 is 5.97 Å². The van der Waals surface area contributed by atoms with Crippen molar-refractivity contribution in [3.8, 4) is 0 Å². The molecular weight excluding hydrogens is 480 g/mol. The molecule has 4 atom stereocenters. The lowest BCUT2D eigenvalue weighted by molar-refractivity contribution is -0.138. The largest absolute Gasteiger partial charge is 0.480 e. The molecule has 12 N–H and O–H groups in total. The first-order valence-electron chi connectivity index (χ1n) is 12.9. The fraction of sp³-hybridized carbons (Fsp3) is 0.517. The summed E-state index contributed by atoms with van der Waals surface area (Å²) in [6.45, 7) is 5.08. The number of nitrogens with one attached hydrogen (secondary N) is 1. The van der Waals surface area contributed by atoms with Crippen LogP contribution in [0.25, 0.3) is 0 Å². The highest BCUT2D eigenvalue weighted by Gasteiger charge is 2.15. The first-order chi connectivity index (χ1) is 17.6. The van der Waals surface area contributed by atoms with Gasteiger partial charge < -0.3 is 39.1 Å². The van der Waals surface area contributed by atoms with E-state index in [1.807, 2.05) is 50.2 Å². The van der Waals surface area contributed by atoms with Crippen molar-refractivity contribution in [2.24, 2.45) is 28.7 Å². The van der Waals surface area contributed by atoms with E-state index < -0.39 is 18.1 Å². The minimum atomic E-state index is -0.955. The summed E-state index contributed by atoms with van der Waals surface area (Å²) in [6.07, 6.45) is 4.35. The van der Waals surface area contributed by atoms with Crippen LogP contribution in [0.1, 0.15) is 58.1 Å². The number of carbonyl (C=O) groups excluding carboxylic acids is 1. The van der Waals surface area contributed by atoms with E-state index >= 15 is 0 Å². The third kappa shape index (κ3) is 20.3. The van der Waals surface area contributed by atoms with E-state index in [0.29, 0.717) is 32.4 Å². The standard InChI is InChI=1S/C14H23N3O.C9H13N.C5H12N2O2.CH4/c1-11(10-12-6-3-2-4-7-12)17-14(18)13(16)8-5-9-15;1-8(10)7-9-5-3-2-4-6-9;6-3-1-2-4(7)5(8)9;/h2-4,6-7,11,13H,5,8-10,15-16H2,1H3,(H,17,18);2-6,8H,7,10H2,1H3;4H,1-3,6-7H2,(H,8,9);1H4. The highest BCUT2D eigenvalue weighted by atomic mass is 16.4. The van der Waals surface area contributed by atoms with Crippen LogP contribution >= 0.6 is 0 Å². The molecule has 2 aromatic carbocycles. The van der Waals surface area contributed by atoms with Crippen LogP contribution in [0.15, 0.2) is 60.7 Å². The molecule has 216 valence electrons. The fourth-order valence-corrected chi connectivity index (χ4v) is 3.28. The van der Waals surface area contributed by atoms with Gasteiger partial charge in [0.25, 0.3) is 0 Å². The monoisotopic (exact) mass is 532 g/mol. The average Bonchev–Trinajstić information content (AvgIpc) is 2.87. The second-order valence-electron chi connectivity index (χ2n) is 9.18. The molecule has 2 aromatic rings. The minimum absolute atomic E-state index is 0. The van der Waals surface area contributed by atoms with Crippen molar-refractivity contribution in [3.63, 3.8) is 0 Å². The fourth-order valence-electron chi connectivity index (χ4n) is 3.28. The van der Waals surface area contributed by atoms with Gasteiger partial charge in [-0.25, -0.2) is 0 Å². The van der Waals surface area contributed by atoms with Gasteiger partial charge in [-0.05, 0) is 76.6 Å². The Bertz CT molecular complexity index is 837. The molecule has 1 amide bonds. The Morgan fingerprint density at radius 2 is 1.18 bits per heavy atom. The molecule has 0 saturated carbocycles. The lowest BCUT2D eigenvalue weighted by atomic mass is 10.1. The third-order valence-corrected chi connectivity index (χ3v) is 5.27. The Kier molecular flexibility index (Phi) is 22.9. The summed E-state index contributed by atoms with van der Waals surface area (Å²) < 4.78 is 0. The van der Waals surface area contributed by atoms with Crippen molar-refractivity contribution in [2.45, 2.75) is 84.0 Å². The average molecular weight is 533 g/mol. The van der Waals surface area contributed by atoms with E-state index in [1.165, 1.54) is 11.1 Å². The molecule has 0 aliphatic carbocycles. The van der Waals surface area contributed by atoms with Gasteiger partial charge in [-0.3, -0.25) is 9.59 Å². The van der Waals surface area contributed by atoms with Crippen molar-refractivity contribution < 1.29 is 14.7 Å². The van der Waals surface area contributed by atoms with Crippen molar-refractivity contribution in [1.29, 1.82) is 0 Å². The smallest absolute Gasteiger partial charge is 0.320 e. The van der Waals surface area contributed by atoms with Crippen LogP contribution in [0, 0.1) is 0 Å². The van der Waals surface area contributed by atoms with Crippen LogP contribution in [0.4, 0.5) is 0 Å². The zero-order valence-corrected chi connectivity index (χ0v) is 22.4. The van der Waals surface area contributed by atoms with Crippen LogP contribution < -0.4 is 34.0 Å². The Morgan fingerprint density at radius 1 is 0.763 bits per heavy atom. The Morgan fingerprint density at radius 3 is 1.58 bits per heavy atom. The molecule has 2 rings (SSSR count). The Balaban J connectivity index is 0. The summed E-state index contributed by atoms with van der Waals surface area (Å²) in [5.74, 6) is -1.05. The number of amides is 1. The van der Waals surface area contributed by atoms with E-state index in [2.05, 4.69) is 29.6 Å². The molecule has 9 heteroatoms. The summed E-state index contributed by atoms with van der Waals surface area (Å²) in [4.78, 5) is 21.8. The third-order valence-electron chi connectivity index (χ3n) is 5.27. The summed E-state index contributed by atoms with van der Waals surface area (Å²) in [7, 11) is 0. The van der Waals surface area contributed by atoms with Crippen molar-refractivity contribution >= 4 is 11.9 Å². The van der Waals surface area contributed by atoms with E-state index in [1.54, 1.807) is 0 Å². The second kappa shape index (κ2) is 23.3. The van der Waals surface area contributed by atoms with E-state index in [4.69, 9.17) is 33.8 Å². The maximum Gasteiger partial charge on any atom is 0.320 e. The van der Waals surface area contributed by atoms with Crippen LogP contribution in [0.2, 0.25) is 0 Å². The number of carboxylic acid groups (broad SMARTS) is 1. The first kappa shape index (κ1) is 37.3. The second-order valence-corrected chi connectivity index (χ2v) is 9.18. The van der Waals surface area contributed by atoms with Crippen LogP contribution in [-0.4, -0.2) is 54.2 Å². The molecular formula is C29H52N6O3. The van der Waals surface area contributed by atoms with E-state index in [9.17, 15) is 9.59 Å². The highest BCUT2D eigenvalue weighted by Crippen LogP contribution is 2.03. The predicted molar refractivity (Wildman–Crippen MR) is 158 cm³/mol. The summed E-state index contributed by atoms with van der Waals surface area (Å²) in [5.41, 5.74) is 29.6. The maximum absolute atomic E-state index is 11.8. The maximum atomic E-state index is 11.8. The van der Waals surface area contributed by atoms with Gasteiger partial charge in [-0.1, -0.05) is 68.1 Å². The van der Waals surface area contributed by atoms with E-state index in [0.717, 1.165) is 19.3 Å². The van der Waals surface area contributed by atoms with Crippen molar-refractivity contribution in [3.05, 3.63) is 71.8 Å². The van der Waals surface area contributed by atoms with Gasteiger partial charge in [0.15, 0.2) is 0 Å². The predicted octanol–water partition coefficient (Wildman–Crippen LogP) is 2.15. The number of aliphatic carboxylic acids is 1. The summed E-state index contributed by atoms with van der Waals surface area (Å²) >= 11 is 0. The van der Waals surface area contributed by atoms with Gasteiger partial charge in [0, 0.05) is 12.1 Å². The molecule has 0 aliphatic heterocycles. The van der Waals surface area contributed by atoms with Crippen molar-refractivity contribution in [1.82, 2.24) is 5.32 Å². The lowest BCUT2D eigenvalue weighted by Crippen LogP contribution is -2.45. The first-order valence-corrected chi connectivity index (χ1v) is 12.9. The van der Waals surface area contributed by atoms with Crippen LogP contribution in [0.5, 0.6) is 0 Å². The molecule has 0 radical (unpaired) electrons. The number of carboxylic acids is 1. The number of benzene rings is 2. The van der Waals surface area contributed by atoms with Gasteiger partial charge in [0.05, 0.1) is 6.04 Å². The quantitative estimate of drug-likeness (QED) is 0.203. The molecule has 0 saturated heterocycles. The summed E-state index contributed by atoms with van der Waals surface area (Å²) in [5, 5.41) is 11.2. The molecule has 4 unspecified atom stereocenters. The molecule has 0 bridgehead atoms. The minimum Gasteiger partial charge on any atom is -0.480 e. The number of hydrogen-bond acceptors (Lipinski definition) is 7. The summed E-state index contributed by atoms with van der Waals surface area (Å²) in [6, 6.07) is 19.5.